The summed E-state index contributed by atoms with van der Waals surface area (Å²) < 4.78 is 1.58. The molecule has 2 N–H and O–H groups in total. The Morgan fingerprint density at radius 2 is 2.22 bits per heavy atom. The standard InChI is InChI=1S/C11H12N4O3/c1-12-10(16)4-5-15-9-3-2-7(11(17)18)6-8(9)13-14-15/h2-3,6H,4-5H2,1H3,(H,12,16)(H,17,18). The maximum Gasteiger partial charge on any atom is 0.335 e. The molecule has 7 heteroatoms. The molecule has 0 aliphatic rings. The molecule has 0 fully saturated rings. The number of benzene rings is 1. The lowest BCUT2D eigenvalue weighted by Gasteiger charge is -2.01. The number of aryl methyl sites for hydroxylation is 1. The van der Waals surface area contributed by atoms with Gasteiger partial charge in [0.15, 0.2) is 0 Å². The van der Waals surface area contributed by atoms with Crippen LogP contribution in [0, 0.1) is 0 Å². The molecule has 94 valence electrons. The van der Waals surface area contributed by atoms with Crippen LogP contribution in [0.15, 0.2) is 18.2 Å². The smallest absolute Gasteiger partial charge is 0.335 e. The molecule has 1 heterocycles. The third-order valence-corrected chi connectivity index (χ3v) is 2.59. The van der Waals surface area contributed by atoms with Crippen LogP contribution < -0.4 is 5.32 Å². The molecule has 2 rings (SSSR count). The van der Waals surface area contributed by atoms with Gasteiger partial charge in [-0.2, -0.15) is 0 Å². The molecule has 0 saturated carbocycles. The molecule has 0 atom stereocenters. The summed E-state index contributed by atoms with van der Waals surface area (Å²) in [5.74, 6) is -1.09. The minimum Gasteiger partial charge on any atom is -0.478 e. The first-order chi connectivity index (χ1) is 8.61. The van der Waals surface area contributed by atoms with Gasteiger partial charge in [-0.1, -0.05) is 5.21 Å². The Kier molecular flexibility index (Phi) is 3.22. The predicted molar refractivity (Wildman–Crippen MR) is 63.2 cm³/mol. The third kappa shape index (κ3) is 2.29. The van der Waals surface area contributed by atoms with Crippen LogP contribution in [0.1, 0.15) is 16.8 Å². The average molecular weight is 248 g/mol. The van der Waals surface area contributed by atoms with Gasteiger partial charge in [-0.3, -0.25) is 4.79 Å². The number of hydrogen-bond acceptors (Lipinski definition) is 4. The van der Waals surface area contributed by atoms with Gasteiger partial charge in [-0.15, -0.1) is 5.10 Å². The number of carbonyl (C=O) groups excluding carboxylic acids is 1. The van der Waals surface area contributed by atoms with Gasteiger partial charge in [-0.05, 0) is 18.2 Å². The molecule has 0 bridgehead atoms. The fourth-order valence-corrected chi connectivity index (χ4v) is 1.60. The summed E-state index contributed by atoms with van der Waals surface area (Å²) in [6, 6.07) is 4.59. The van der Waals surface area contributed by atoms with E-state index in [-0.39, 0.29) is 11.5 Å². The molecule has 0 unspecified atom stereocenters. The van der Waals surface area contributed by atoms with Crippen LogP contribution in [0.4, 0.5) is 0 Å². The zero-order chi connectivity index (χ0) is 13.1. The number of nitrogens with zero attached hydrogens (tertiary/aromatic N) is 3. The molecule has 18 heavy (non-hydrogen) atoms. The number of aromatic nitrogens is 3. The Bertz CT molecular complexity index is 605. The maximum absolute atomic E-state index is 11.1. The van der Waals surface area contributed by atoms with Crippen molar-refractivity contribution in [2.24, 2.45) is 0 Å². The summed E-state index contributed by atoms with van der Waals surface area (Å²) in [5, 5.41) is 19.2. The Hall–Kier alpha value is -2.44. The predicted octanol–water partition coefficient (Wildman–Crippen LogP) is 0.266. The van der Waals surface area contributed by atoms with Gasteiger partial charge in [0.25, 0.3) is 0 Å². The molecule has 0 radical (unpaired) electrons. The van der Waals surface area contributed by atoms with Crippen molar-refractivity contribution in [2.75, 3.05) is 7.05 Å². The molecule has 7 nitrogen and oxygen atoms in total. The Labute approximate surface area is 102 Å². The van der Waals surface area contributed by atoms with Crippen molar-refractivity contribution in [1.29, 1.82) is 0 Å². The van der Waals surface area contributed by atoms with Crippen LogP contribution in [0.2, 0.25) is 0 Å². The molecule has 1 aromatic heterocycles. The number of carbonyl (C=O) groups is 2. The van der Waals surface area contributed by atoms with Gasteiger partial charge in [0, 0.05) is 13.5 Å². The fraction of sp³-hybridized carbons (Fsp3) is 0.273. The third-order valence-electron chi connectivity index (χ3n) is 2.59. The number of aromatic carboxylic acids is 1. The normalized spacial score (nSPS) is 10.5. The number of hydrogen-bond donors (Lipinski definition) is 2. The highest BCUT2D eigenvalue weighted by atomic mass is 16.4. The van der Waals surface area contributed by atoms with Gasteiger partial charge < -0.3 is 10.4 Å². The number of nitrogens with one attached hydrogen (secondary N) is 1. The molecule has 0 aliphatic carbocycles. The lowest BCUT2D eigenvalue weighted by molar-refractivity contribution is -0.120. The molecule has 0 spiro atoms. The van der Waals surface area contributed by atoms with Crippen molar-refractivity contribution in [2.45, 2.75) is 13.0 Å². The second-order valence-electron chi connectivity index (χ2n) is 3.74. The van der Waals surface area contributed by atoms with Crippen molar-refractivity contribution in [3.63, 3.8) is 0 Å². The van der Waals surface area contributed by atoms with Crippen LogP contribution in [-0.2, 0) is 11.3 Å². The highest BCUT2D eigenvalue weighted by Gasteiger charge is 2.09. The monoisotopic (exact) mass is 248 g/mol. The van der Waals surface area contributed by atoms with Crippen molar-refractivity contribution < 1.29 is 14.7 Å². The second kappa shape index (κ2) is 4.82. The quantitative estimate of drug-likeness (QED) is 0.809. The van der Waals surface area contributed by atoms with Crippen LogP contribution in [0.5, 0.6) is 0 Å². The van der Waals surface area contributed by atoms with Gasteiger partial charge in [0.1, 0.15) is 5.52 Å². The van der Waals surface area contributed by atoms with Crippen molar-refractivity contribution in [3.8, 4) is 0 Å². The van der Waals surface area contributed by atoms with E-state index in [0.717, 1.165) is 0 Å². The van der Waals surface area contributed by atoms with E-state index in [4.69, 9.17) is 5.11 Å². The zero-order valence-electron chi connectivity index (χ0n) is 9.75. The van der Waals surface area contributed by atoms with Crippen LogP contribution in [0.25, 0.3) is 11.0 Å². The highest BCUT2D eigenvalue weighted by Crippen LogP contribution is 2.13. The summed E-state index contributed by atoms with van der Waals surface area (Å²) in [5.41, 5.74) is 1.39. The minimum atomic E-state index is -1.00. The first kappa shape index (κ1) is 12.0. The van der Waals surface area contributed by atoms with Gasteiger partial charge >= 0.3 is 5.97 Å². The molecule has 2 aromatic rings. The van der Waals surface area contributed by atoms with E-state index < -0.39 is 5.97 Å². The number of amides is 1. The van der Waals surface area contributed by atoms with Crippen molar-refractivity contribution >= 4 is 22.9 Å². The topological polar surface area (TPSA) is 97.1 Å². The first-order valence-electron chi connectivity index (χ1n) is 5.39. The van der Waals surface area contributed by atoms with E-state index in [9.17, 15) is 9.59 Å². The Morgan fingerprint density at radius 1 is 1.44 bits per heavy atom. The molecule has 1 amide bonds. The highest BCUT2D eigenvalue weighted by molar-refractivity contribution is 5.92. The average Bonchev–Trinajstić information content (AvgIpc) is 2.78. The SMILES string of the molecule is CNC(=O)CCn1nnc2cc(C(=O)O)ccc21. The first-order valence-corrected chi connectivity index (χ1v) is 5.39. The van der Waals surface area contributed by atoms with Gasteiger partial charge in [0.05, 0.1) is 17.6 Å². The van der Waals surface area contributed by atoms with E-state index in [2.05, 4.69) is 15.6 Å². The summed E-state index contributed by atoms with van der Waals surface area (Å²) in [7, 11) is 1.57. The van der Waals surface area contributed by atoms with Gasteiger partial charge in [-0.25, -0.2) is 9.48 Å². The Balaban J connectivity index is 2.26. The van der Waals surface area contributed by atoms with Crippen molar-refractivity contribution in [3.05, 3.63) is 23.8 Å². The van der Waals surface area contributed by atoms with E-state index >= 15 is 0 Å². The zero-order valence-corrected chi connectivity index (χ0v) is 9.75. The lowest BCUT2D eigenvalue weighted by Crippen LogP contribution is -2.19. The fourth-order valence-electron chi connectivity index (χ4n) is 1.60. The Morgan fingerprint density at radius 3 is 2.89 bits per heavy atom. The largest absolute Gasteiger partial charge is 0.478 e. The molecular weight excluding hydrogens is 236 g/mol. The number of carboxylic acid groups (broad SMARTS) is 1. The van der Waals surface area contributed by atoms with Crippen LogP contribution in [0.3, 0.4) is 0 Å². The van der Waals surface area contributed by atoms with Crippen LogP contribution >= 0.6 is 0 Å². The number of rotatable bonds is 4. The second-order valence-corrected chi connectivity index (χ2v) is 3.74. The van der Waals surface area contributed by atoms with E-state index in [1.807, 2.05) is 0 Å². The minimum absolute atomic E-state index is 0.0826. The van der Waals surface area contributed by atoms with Crippen LogP contribution in [-0.4, -0.2) is 39.0 Å². The van der Waals surface area contributed by atoms with Crippen molar-refractivity contribution in [1.82, 2.24) is 20.3 Å². The summed E-state index contributed by atoms with van der Waals surface area (Å²) in [4.78, 5) is 21.9. The summed E-state index contributed by atoms with van der Waals surface area (Å²) in [6.07, 6.45) is 0.301. The summed E-state index contributed by atoms with van der Waals surface area (Å²) >= 11 is 0. The molecule has 0 saturated heterocycles. The molecule has 1 aromatic carbocycles. The number of carboxylic acids is 1. The molecule has 0 aliphatic heterocycles. The maximum atomic E-state index is 11.1. The summed E-state index contributed by atoms with van der Waals surface area (Å²) in [6.45, 7) is 0.405. The van der Waals surface area contributed by atoms with E-state index in [0.29, 0.717) is 24.0 Å². The van der Waals surface area contributed by atoms with E-state index in [1.165, 1.54) is 12.1 Å². The van der Waals surface area contributed by atoms with Gasteiger partial charge in [0.2, 0.25) is 5.91 Å². The lowest BCUT2D eigenvalue weighted by atomic mass is 10.2. The molecular formula is C11H12N4O3. The number of fused-ring (bicyclic) bond motifs is 1. The van der Waals surface area contributed by atoms with E-state index in [1.54, 1.807) is 17.8 Å².